The van der Waals surface area contributed by atoms with Crippen LogP contribution in [0.25, 0.3) is 0 Å². The molecule has 1 aromatic rings. The maximum absolute atomic E-state index is 13.2. The number of benzene rings is 1. The summed E-state index contributed by atoms with van der Waals surface area (Å²) in [5.41, 5.74) is 0.144. The van der Waals surface area contributed by atoms with Crippen molar-refractivity contribution >= 4 is 23.5 Å². The smallest absolute Gasteiger partial charge is 0.312 e. The SMILES string of the molecule is O=C(Cc1ccc(F)cc1Cl)N1CCC2(CC1)CC(CN1CCOCC1)OC2=O. The van der Waals surface area contributed by atoms with Gasteiger partial charge in [-0.2, -0.15) is 0 Å². The van der Waals surface area contributed by atoms with Crippen molar-refractivity contribution in [2.75, 3.05) is 45.9 Å². The van der Waals surface area contributed by atoms with E-state index in [1.165, 1.54) is 12.1 Å². The Kier molecular flexibility index (Phi) is 6.08. The van der Waals surface area contributed by atoms with Crippen LogP contribution in [0.4, 0.5) is 4.39 Å². The molecule has 1 amide bonds. The topological polar surface area (TPSA) is 59.1 Å². The van der Waals surface area contributed by atoms with Crippen molar-refractivity contribution in [1.82, 2.24) is 9.80 Å². The van der Waals surface area contributed by atoms with E-state index in [0.29, 0.717) is 31.5 Å². The Hall–Kier alpha value is -1.70. The van der Waals surface area contributed by atoms with Crippen LogP contribution in [0, 0.1) is 11.2 Å². The van der Waals surface area contributed by atoms with Crippen LogP contribution in [0.5, 0.6) is 0 Å². The number of morpholine rings is 1. The summed E-state index contributed by atoms with van der Waals surface area (Å²) in [6.07, 6.45) is 2.01. The third-order valence-corrected chi connectivity index (χ3v) is 6.67. The van der Waals surface area contributed by atoms with Crippen LogP contribution in [0.15, 0.2) is 18.2 Å². The molecular formula is C21H26ClFN2O4. The van der Waals surface area contributed by atoms with Crippen LogP contribution < -0.4 is 0 Å². The van der Waals surface area contributed by atoms with Crippen LogP contribution in [-0.2, 0) is 25.5 Å². The Morgan fingerprint density at radius 2 is 1.93 bits per heavy atom. The average Bonchev–Trinajstić information content (AvgIpc) is 2.99. The lowest BCUT2D eigenvalue weighted by atomic mass is 9.76. The number of amides is 1. The second kappa shape index (κ2) is 8.58. The second-order valence-corrected chi connectivity index (χ2v) is 8.63. The molecule has 3 fully saturated rings. The van der Waals surface area contributed by atoms with Gasteiger partial charge in [0.25, 0.3) is 0 Å². The second-order valence-electron chi connectivity index (χ2n) is 8.22. The number of carbonyl (C=O) groups is 2. The van der Waals surface area contributed by atoms with Gasteiger partial charge in [0.15, 0.2) is 0 Å². The van der Waals surface area contributed by atoms with E-state index in [9.17, 15) is 14.0 Å². The average molecular weight is 425 g/mol. The number of ether oxygens (including phenoxy) is 2. The van der Waals surface area contributed by atoms with Gasteiger partial charge >= 0.3 is 5.97 Å². The fourth-order valence-electron chi connectivity index (χ4n) is 4.54. The number of rotatable bonds is 4. The fraction of sp³-hybridized carbons (Fsp3) is 0.619. The number of hydrogen-bond acceptors (Lipinski definition) is 5. The molecule has 3 aliphatic heterocycles. The number of halogens is 2. The molecule has 0 aliphatic carbocycles. The summed E-state index contributed by atoms with van der Waals surface area (Å²) in [6, 6.07) is 4.08. The van der Waals surface area contributed by atoms with Gasteiger partial charge in [0, 0.05) is 44.2 Å². The Morgan fingerprint density at radius 3 is 2.62 bits per heavy atom. The lowest BCUT2D eigenvalue weighted by Gasteiger charge is -2.36. The molecular weight excluding hydrogens is 399 g/mol. The fourth-order valence-corrected chi connectivity index (χ4v) is 4.78. The van der Waals surface area contributed by atoms with Gasteiger partial charge in [0.1, 0.15) is 11.9 Å². The van der Waals surface area contributed by atoms with Crippen molar-refractivity contribution in [2.45, 2.75) is 31.8 Å². The Morgan fingerprint density at radius 1 is 1.21 bits per heavy atom. The van der Waals surface area contributed by atoms with Crippen molar-refractivity contribution < 1.29 is 23.5 Å². The van der Waals surface area contributed by atoms with Gasteiger partial charge in [-0.3, -0.25) is 14.5 Å². The minimum Gasteiger partial charge on any atom is -0.461 e. The van der Waals surface area contributed by atoms with Crippen LogP contribution in [0.3, 0.4) is 0 Å². The van der Waals surface area contributed by atoms with Gasteiger partial charge in [-0.15, -0.1) is 0 Å². The molecule has 0 saturated carbocycles. The molecule has 1 unspecified atom stereocenters. The van der Waals surface area contributed by atoms with E-state index in [1.807, 2.05) is 0 Å². The highest BCUT2D eigenvalue weighted by atomic mass is 35.5. The van der Waals surface area contributed by atoms with Crippen LogP contribution in [-0.4, -0.2) is 73.7 Å². The third-order valence-electron chi connectivity index (χ3n) is 6.32. The first kappa shape index (κ1) is 20.6. The molecule has 0 bridgehead atoms. The molecule has 158 valence electrons. The molecule has 1 atom stereocenters. The molecule has 0 radical (unpaired) electrons. The molecule has 1 aromatic carbocycles. The molecule has 4 rings (SSSR count). The van der Waals surface area contributed by atoms with Gasteiger partial charge in [-0.25, -0.2) is 4.39 Å². The minimum absolute atomic E-state index is 0.0513. The summed E-state index contributed by atoms with van der Waals surface area (Å²) in [7, 11) is 0. The van der Waals surface area contributed by atoms with E-state index in [1.54, 1.807) is 11.0 Å². The minimum atomic E-state index is -0.471. The summed E-state index contributed by atoms with van der Waals surface area (Å²) < 4.78 is 24.3. The van der Waals surface area contributed by atoms with E-state index in [4.69, 9.17) is 21.1 Å². The predicted octanol–water partition coefficient (Wildman–Crippen LogP) is 2.28. The highest BCUT2D eigenvalue weighted by Gasteiger charge is 2.51. The Balaban J connectivity index is 1.31. The van der Waals surface area contributed by atoms with Crippen LogP contribution in [0.1, 0.15) is 24.8 Å². The zero-order valence-corrected chi connectivity index (χ0v) is 17.1. The van der Waals surface area contributed by atoms with Gasteiger partial charge in [0.05, 0.1) is 25.0 Å². The van der Waals surface area contributed by atoms with Crippen LogP contribution >= 0.6 is 11.6 Å². The number of cyclic esters (lactones) is 1. The first-order valence-electron chi connectivity index (χ1n) is 10.2. The first-order valence-corrected chi connectivity index (χ1v) is 10.6. The quantitative estimate of drug-likeness (QED) is 0.694. The van der Waals surface area contributed by atoms with E-state index < -0.39 is 11.2 Å². The Bertz CT molecular complexity index is 776. The normalized spacial score (nSPS) is 24.7. The van der Waals surface area contributed by atoms with E-state index in [2.05, 4.69) is 4.90 Å². The van der Waals surface area contributed by atoms with Crippen molar-refractivity contribution in [3.63, 3.8) is 0 Å². The number of hydrogen-bond donors (Lipinski definition) is 0. The van der Waals surface area contributed by atoms with Crippen molar-refractivity contribution in [1.29, 1.82) is 0 Å². The van der Waals surface area contributed by atoms with E-state index >= 15 is 0 Å². The molecule has 0 N–H and O–H groups in total. The first-order chi connectivity index (χ1) is 13.9. The van der Waals surface area contributed by atoms with Gasteiger partial charge < -0.3 is 14.4 Å². The number of esters is 1. The molecule has 8 heteroatoms. The van der Waals surface area contributed by atoms with Gasteiger partial charge in [-0.05, 0) is 30.5 Å². The molecule has 6 nitrogen and oxygen atoms in total. The molecule has 1 spiro atoms. The molecule has 3 aliphatic rings. The summed E-state index contributed by atoms with van der Waals surface area (Å²) in [5, 5.41) is 0.261. The van der Waals surface area contributed by atoms with Gasteiger partial charge in [0.2, 0.25) is 5.91 Å². The van der Waals surface area contributed by atoms with Crippen molar-refractivity contribution in [2.24, 2.45) is 5.41 Å². The number of piperidine rings is 1. The monoisotopic (exact) mass is 424 g/mol. The highest BCUT2D eigenvalue weighted by molar-refractivity contribution is 6.31. The summed E-state index contributed by atoms with van der Waals surface area (Å²) in [4.78, 5) is 29.3. The lowest BCUT2D eigenvalue weighted by molar-refractivity contribution is -0.153. The summed E-state index contributed by atoms with van der Waals surface area (Å²) >= 11 is 6.04. The van der Waals surface area contributed by atoms with E-state index in [0.717, 1.165) is 39.3 Å². The summed E-state index contributed by atoms with van der Waals surface area (Å²) in [5.74, 6) is -0.591. The standard InChI is InChI=1S/C21H26ClFN2O4/c22-18-12-16(23)2-1-15(18)11-19(26)25-5-3-21(4-6-25)13-17(29-20(21)27)14-24-7-9-28-10-8-24/h1-2,12,17H,3-11,13-14H2. The highest BCUT2D eigenvalue weighted by Crippen LogP contribution is 2.43. The largest absolute Gasteiger partial charge is 0.461 e. The zero-order chi connectivity index (χ0) is 20.4. The molecule has 3 saturated heterocycles. The Labute approximate surface area is 174 Å². The molecule has 29 heavy (non-hydrogen) atoms. The number of likely N-dealkylation sites (tertiary alicyclic amines) is 1. The van der Waals surface area contributed by atoms with Crippen molar-refractivity contribution in [3.8, 4) is 0 Å². The maximum atomic E-state index is 13.2. The van der Waals surface area contributed by atoms with E-state index in [-0.39, 0.29) is 29.4 Å². The number of carbonyl (C=O) groups excluding carboxylic acids is 2. The molecule has 0 aromatic heterocycles. The third kappa shape index (κ3) is 4.57. The summed E-state index contributed by atoms with van der Waals surface area (Å²) in [6.45, 7) is 4.99. The van der Waals surface area contributed by atoms with Crippen molar-refractivity contribution in [3.05, 3.63) is 34.6 Å². The predicted molar refractivity (Wildman–Crippen MR) is 105 cm³/mol. The maximum Gasteiger partial charge on any atom is 0.312 e. The molecule has 3 heterocycles. The van der Waals surface area contributed by atoms with Gasteiger partial charge in [-0.1, -0.05) is 17.7 Å². The van der Waals surface area contributed by atoms with Crippen LogP contribution in [0.2, 0.25) is 5.02 Å². The number of nitrogens with zero attached hydrogens (tertiary/aromatic N) is 2. The lowest BCUT2D eigenvalue weighted by Crippen LogP contribution is -2.45. The zero-order valence-electron chi connectivity index (χ0n) is 16.4.